The lowest BCUT2D eigenvalue weighted by molar-refractivity contribution is 0.102. The minimum atomic E-state index is -0.284. The molecule has 0 saturated carbocycles. The van der Waals surface area contributed by atoms with E-state index in [0.717, 1.165) is 8.95 Å². The number of nitrogens with two attached hydrogens (primary N) is 1. The Morgan fingerprint density at radius 2 is 1.89 bits per heavy atom. The smallest absolute Gasteiger partial charge is 0.257 e. The van der Waals surface area contributed by atoms with Gasteiger partial charge in [0.05, 0.1) is 11.3 Å². The van der Waals surface area contributed by atoms with Gasteiger partial charge in [-0.25, -0.2) is 0 Å². The van der Waals surface area contributed by atoms with Crippen molar-refractivity contribution in [3.63, 3.8) is 0 Å². The average molecular weight is 404 g/mol. The van der Waals surface area contributed by atoms with Crippen LogP contribution in [-0.4, -0.2) is 5.91 Å². The Kier molecular flexibility index (Phi) is 4.50. The van der Waals surface area contributed by atoms with Crippen LogP contribution < -0.4 is 11.1 Å². The molecule has 0 saturated heterocycles. The number of amides is 1. The van der Waals surface area contributed by atoms with Crippen LogP contribution in [0.25, 0.3) is 0 Å². The first kappa shape index (κ1) is 14.4. The molecule has 1 amide bonds. The number of anilines is 2. The van der Waals surface area contributed by atoms with Gasteiger partial charge in [-0.2, -0.15) is 0 Å². The van der Waals surface area contributed by atoms with Gasteiger partial charge < -0.3 is 11.1 Å². The first-order chi connectivity index (χ1) is 8.97. The van der Waals surface area contributed by atoms with E-state index in [0.29, 0.717) is 22.0 Å². The minimum absolute atomic E-state index is 0.284. The molecule has 19 heavy (non-hydrogen) atoms. The van der Waals surface area contributed by atoms with Crippen LogP contribution in [0, 0.1) is 0 Å². The van der Waals surface area contributed by atoms with Crippen LogP contribution in [-0.2, 0) is 0 Å². The highest BCUT2D eigenvalue weighted by Gasteiger charge is 2.12. The maximum Gasteiger partial charge on any atom is 0.257 e. The van der Waals surface area contributed by atoms with E-state index in [2.05, 4.69) is 37.2 Å². The first-order valence-corrected chi connectivity index (χ1v) is 7.25. The van der Waals surface area contributed by atoms with Gasteiger partial charge in [-0.05, 0) is 52.3 Å². The molecule has 0 aliphatic rings. The Morgan fingerprint density at radius 1 is 1.16 bits per heavy atom. The number of carbonyl (C=O) groups is 1. The second-order valence-corrected chi connectivity index (χ2v) is 6.02. The zero-order valence-electron chi connectivity index (χ0n) is 9.58. The summed E-state index contributed by atoms with van der Waals surface area (Å²) in [5, 5.41) is 3.31. The fourth-order valence-electron chi connectivity index (χ4n) is 1.52. The van der Waals surface area contributed by atoms with Gasteiger partial charge in [0, 0.05) is 19.7 Å². The number of nitrogen functional groups attached to an aromatic ring is 1. The Balaban J connectivity index is 2.28. The van der Waals surface area contributed by atoms with Gasteiger partial charge in [0.15, 0.2) is 0 Å². The van der Waals surface area contributed by atoms with Crippen molar-refractivity contribution < 1.29 is 4.79 Å². The lowest BCUT2D eigenvalue weighted by atomic mass is 10.1. The van der Waals surface area contributed by atoms with Crippen molar-refractivity contribution in [3.8, 4) is 0 Å². The summed E-state index contributed by atoms with van der Waals surface area (Å²) < 4.78 is 1.58. The molecule has 0 aliphatic heterocycles. The zero-order chi connectivity index (χ0) is 14.0. The topological polar surface area (TPSA) is 55.1 Å². The number of halogens is 3. The van der Waals surface area contributed by atoms with Crippen LogP contribution in [0.2, 0.25) is 5.02 Å². The largest absolute Gasteiger partial charge is 0.398 e. The summed E-state index contributed by atoms with van der Waals surface area (Å²) in [6, 6.07) is 10.3. The summed E-state index contributed by atoms with van der Waals surface area (Å²) in [5.41, 5.74) is 7.23. The summed E-state index contributed by atoms with van der Waals surface area (Å²) in [4.78, 5) is 12.1. The molecule has 3 N–H and O–H groups in total. The van der Waals surface area contributed by atoms with Crippen LogP contribution in [0.15, 0.2) is 45.3 Å². The van der Waals surface area contributed by atoms with Crippen molar-refractivity contribution in [2.75, 3.05) is 11.1 Å². The molecule has 98 valence electrons. The molecular formula is C13H9Br2ClN2O. The fourth-order valence-corrected chi connectivity index (χ4v) is 2.42. The molecule has 0 spiro atoms. The fraction of sp³-hybridized carbons (Fsp3) is 0. The molecule has 0 atom stereocenters. The third kappa shape index (κ3) is 3.49. The Labute approximate surface area is 132 Å². The molecule has 0 aliphatic carbocycles. The monoisotopic (exact) mass is 402 g/mol. The van der Waals surface area contributed by atoms with Crippen LogP contribution in [0.4, 0.5) is 11.4 Å². The summed E-state index contributed by atoms with van der Waals surface area (Å²) in [6.45, 7) is 0. The molecule has 2 aromatic rings. The van der Waals surface area contributed by atoms with Crippen molar-refractivity contribution >= 4 is 60.7 Å². The SMILES string of the molecule is Nc1cc(Br)ccc1C(=O)Nc1cc(Cl)ccc1Br. The van der Waals surface area contributed by atoms with E-state index in [4.69, 9.17) is 17.3 Å². The molecule has 3 nitrogen and oxygen atoms in total. The van der Waals surface area contributed by atoms with Gasteiger partial charge in [0.2, 0.25) is 0 Å². The Bertz CT molecular complexity index is 647. The van der Waals surface area contributed by atoms with Crippen LogP contribution in [0.1, 0.15) is 10.4 Å². The normalized spacial score (nSPS) is 10.3. The number of benzene rings is 2. The predicted octanol–water partition coefficient (Wildman–Crippen LogP) is 4.70. The first-order valence-electron chi connectivity index (χ1n) is 5.29. The summed E-state index contributed by atoms with van der Waals surface area (Å²) >= 11 is 12.5. The standard InChI is InChI=1S/C13H9Br2ClN2O/c14-7-1-3-9(11(17)5-7)13(19)18-12-6-8(16)2-4-10(12)15/h1-6H,17H2,(H,18,19). The lowest BCUT2D eigenvalue weighted by Crippen LogP contribution is -2.14. The molecule has 0 radical (unpaired) electrons. The third-order valence-electron chi connectivity index (χ3n) is 2.43. The van der Waals surface area contributed by atoms with Gasteiger partial charge in [0.1, 0.15) is 0 Å². The Hall–Kier alpha value is -1.04. The number of hydrogen-bond donors (Lipinski definition) is 2. The molecule has 0 bridgehead atoms. The van der Waals surface area contributed by atoms with Crippen LogP contribution in [0.3, 0.4) is 0 Å². The quantitative estimate of drug-likeness (QED) is 0.713. The van der Waals surface area contributed by atoms with E-state index in [1.54, 1.807) is 36.4 Å². The number of nitrogens with one attached hydrogen (secondary N) is 1. The molecule has 2 aromatic carbocycles. The van der Waals surface area contributed by atoms with E-state index < -0.39 is 0 Å². The van der Waals surface area contributed by atoms with Crippen LogP contribution in [0.5, 0.6) is 0 Å². The average Bonchev–Trinajstić information content (AvgIpc) is 2.33. The van der Waals surface area contributed by atoms with Gasteiger partial charge >= 0.3 is 0 Å². The zero-order valence-corrected chi connectivity index (χ0v) is 13.5. The highest BCUT2D eigenvalue weighted by Crippen LogP contribution is 2.27. The highest BCUT2D eigenvalue weighted by molar-refractivity contribution is 9.10. The second-order valence-electron chi connectivity index (χ2n) is 3.81. The molecule has 0 heterocycles. The molecule has 0 unspecified atom stereocenters. The van der Waals surface area contributed by atoms with E-state index in [1.165, 1.54) is 0 Å². The van der Waals surface area contributed by atoms with E-state index in [-0.39, 0.29) is 5.91 Å². The maximum absolute atomic E-state index is 12.1. The lowest BCUT2D eigenvalue weighted by Gasteiger charge is -2.09. The van der Waals surface area contributed by atoms with E-state index >= 15 is 0 Å². The van der Waals surface area contributed by atoms with Crippen molar-refractivity contribution in [1.82, 2.24) is 0 Å². The highest BCUT2D eigenvalue weighted by atomic mass is 79.9. The summed E-state index contributed by atoms with van der Waals surface area (Å²) in [7, 11) is 0. The van der Waals surface area contributed by atoms with Crippen molar-refractivity contribution in [2.45, 2.75) is 0 Å². The molecule has 2 rings (SSSR count). The number of rotatable bonds is 2. The van der Waals surface area contributed by atoms with E-state index in [9.17, 15) is 4.79 Å². The van der Waals surface area contributed by atoms with Crippen LogP contribution >= 0.6 is 43.5 Å². The maximum atomic E-state index is 12.1. The van der Waals surface area contributed by atoms with Crippen molar-refractivity contribution in [3.05, 3.63) is 55.9 Å². The van der Waals surface area contributed by atoms with Gasteiger partial charge in [-0.1, -0.05) is 27.5 Å². The summed E-state index contributed by atoms with van der Waals surface area (Å²) in [6.07, 6.45) is 0. The third-order valence-corrected chi connectivity index (χ3v) is 3.85. The van der Waals surface area contributed by atoms with Gasteiger partial charge in [0.25, 0.3) is 5.91 Å². The van der Waals surface area contributed by atoms with E-state index in [1.807, 2.05) is 0 Å². The Morgan fingerprint density at radius 3 is 2.58 bits per heavy atom. The van der Waals surface area contributed by atoms with Crippen molar-refractivity contribution in [2.24, 2.45) is 0 Å². The molecular weight excluding hydrogens is 395 g/mol. The predicted molar refractivity (Wildman–Crippen MR) is 85.7 cm³/mol. The molecule has 0 fully saturated rings. The number of carbonyl (C=O) groups excluding carboxylic acids is 1. The second kappa shape index (κ2) is 5.94. The molecule has 0 aromatic heterocycles. The minimum Gasteiger partial charge on any atom is -0.398 e. The molecule has 6 heteroatoms. The van der Waals surface area contributed by atoms with Gasteiger partial charge in [-0.3, -0.25) is 4.79 Å². The number of hydrogen-bond acceptors (Lipinski definition) is 2. The van der Waals surface area contributed by atoms with Crippen molar-refractivity contribution in [1.29, 1.82) is 0 Å². The summed E-state index contributed by atoms with van der Waals surface area (Å²) in [5.74, 6) is -0.284. The van der Waals surface area contributed by atoms with Gasteiger partial charge in [-0.15, -0.1) is 0 Å².